The number of benzene rings is 2. The number of anilines is 4. The summed E-state index contributed by atoms with van der Waals surface area (Å²) in [4.78, 5) is 58.5. The second-order valence-corrected chi connectivity index (χ2v) is 13.5. The number of hydrogen-bond acceptors (Lipinski definition) is 10. The number of ether oxygens (including phenoxy) is 3. The number of likely N-dealkylation sites (N-methyl/N-ethyl adjacent to an activating group) is 1. The molecule has 0 radical (unpaired) electrons. The number of rotatable bonds is 18. The highest BCUT2D eigenvalue weighted by molar-refractivity contribution is 6.02. The first-order chi connectivity index (χ1) is 24.8. The van der Waals surface area contributed by atoms with Gasteiger partial charge >= 0.3 is 24.1 Å². The summed E-state index contributed by atoms with van der Waals surface area (Å²) in [6.07, 6.45) is 1.35. The summed E-state index contributed by atoms with van der Waals surface area (Å²) in [6, 6.07) is 16.5. The maximum Gasteiger partial charge on any atom is 0.418 e. The molecule has 1 heterocycles. The number of carbonyl (C=O) groups excluding carboxylic acids is 4. The third-order valence-corrected chi connectivity index (χ3v) is 8.04. The molecule has 52 heavy (non-hydrogen) atoms. The van der Waals surface area contributed by atoms with Crippen molar-refractivity contribution in [1.29, 1.82) is 0 Å². The zero-order valence-corrected chi connectivity index (χ0v) is 31.7. The van der Waals surface area contributed by atoms with Crippen molar-refractivity contribution in [3.05, 3.63) is 77.5 Å². The molecule has 3 N–H and O–H groups in total. The molecular weight excluding hydrogens is 664 g/mol. The Hall–Kier alpha value is -5.17. The molecule has 282 valence electrons. The highest BCUT2D eigenvalue weighted by Gasteiger charge is 2.22. The molecule has 1 unspecified atom stereocenters. The van der Waals surface area contributed by atoms with Crippen molar-refractivity contribution < 1.29 is 33.4 Å². The predicted molar refractivity (Wildman–Crippen MR) is 204 cm³/mol. The molecule has 2 aromatic carbocycles. The summed E-state index contributed by atoms with van der Waals surface area (Å²) in [6.45, 7) is 13.6. The molecule has 3 aromatic rings. The first kappa shape index (κ1) is 41.3. The molecule has 0 aliphatic carbocycles. The maximum absolute atomic E-state index is 13.2. The van der Waals surface area contributed by atoms with Gasteiger partial charge in [-0.15, -0.1) is 0 Å². The number of nitrogens with one attached hydrogen (secondary N) is 3. The molecule has 3 amide bonds. The quantitative estimate of drug-likeness (QED) is 0.0920. The molecule has 1 aromatic heterocycles. The Bertz CT molecular complexity index is 1620. The average Bonchev–Trinajstić information content (AvgIpc) is 3.10. The van der Waals surface area contributed by atoms with Crippen LogP contribution < -0.4 is 25.8 Å². The summed E-state index contributed by atoms with van der Waals surface area (Å²) in [5.74, 6) is -0.216. The number of amides is 3. The number of nitrogens with zero attached hydrogens (tertiary/aromatic N) is 3. The predicted octanol–water partition coefficient (Wildman–Crippen LogP) is 7.07. The molecule has 0 bridgehead atoms. The molecule has 3 rings (SSSR count). The van der Waals surface area contributed by atoms with Crippen LogP contribution in [0.25, 0.3) is 0 Å². The highest BCUT2D eigenvalue weighted by atomic mass is 16.7. The number of urea groups is 1. The molecular formula is C39H54N6O7. The molecule has 0 saturated heterocycles. The second-order valence-electron chi connectivity index (χ2n) is 13.5. The van der Waals surface area contributed by atoms with Gasteiger partial charge in [-0.2, -0.15) is 0 Å². The molecule has 13 nitrogen and oxygen atoms in total. The number of aromatic nitrogens is 1. The van der Waals surface area contributed by atoms with Gasteiger partial charge in [0.05, 0.1) is 24.3 Å². The van der Waals surface area contributed by atoms with E-state index in [0.717, 1.165) is 34.8 Å². The smallest absolute Gasteiger partial charge is 0.418 e. The van der Waals surface area contributed by atoms with Crippen LogP contribution in [0.2, 0.25) is 0 Å². The van der Waals surface area contributed by atoms with E-state index in [2.05, 4.69) is 53.5 Å². The fourth-order valence-electron chi connectivity index (χ4n) is 5.54. The normalized spacial score (nSPS) is 11.5. The minimum absolute atomic E-state index is 0.0301. The Morgan fingerprint density at radius 1 is 0.865 bits per heavy atom. The van der Waals surface area contributed by atoms with Gasteiger partial charge in [-0.25, -0.2) is 14.6 Å². The van der Waals surface area contributed by atoms with Crippen molar-refractivity contribution in [2.24, 2.45) is 11.8 Å². The maximum atomic E-state index is 13.2. The van der Waals surface area contributed by atoms with Crippen LogP contribution in [0, 0.1) is 18.8 Å². The molecule has 0 spiro atoms. The van der Waals surface area contributed by atoms with Crippen LogP contribution in [0.5, 0.6) is 0 Å². The largest absolute Gasteiger partial charge is 0.460 e. The van der Waals surface area contributed by atoms with E-state index in [0.29, 0.717) is 35.2 Å². The Morgan fingerprint density at radius 2 is 1.56 bits per heavy atom. The lowest BCUT2D eigenvalue weighted by atomic mass is 9.92. The SMILES string of the molecule is CCC(CC(=O)OCOC(=O)N(C)c1ncccc1COC(=O)CNC)c1ccc(N(CC(C)C)CC(C)C)c(NC(=O)Nc2ccc(C)cc2)c1. The number of aryl methyl sites for hydroxylation is 1. The fraction of sp³-hybridized carbons (Fsp3) is 0.462. The molecule has 0 saturated carbocycles. The minimum atomic E-state index is -0.802. The Balaban J connectivity index is 1.70. The summed E-state index contributed by atoms with van der Waals surface area (Å²) >= 11 is 0. The zero-order chi connectivity index (χ0) is 38.2. The van der Waals surface area contributed by atoms with Gasteiger partial charge in [0.25, 0.3) is 0 Å². The van der Waals surface area contributed by atoms with Crippen molar-refractivity contribution in [2.75, 3.05) is 61.0 Å². The van der Waals surface area contributed by atoms with Crippen molar-refractivity contribution in [2.45, 2.75) is 66.9 Å². The van der Waals surface area contributed by atoms with E-state index in [1.807, 2.05) is 56.3 Å². The van der Waals surface area contributed by atoms with Crippen molar-refractivity contribution in [3.8, 4) is 0 Å². The van der Waals surface area contributed by atoms with Gasteiger partial charge in [-0.1, -0.05) is 64.4 Å². The van der Waals surface area contributed by atoms with Gasteiger partial charge in [-0.05, 0) is 74.0 Å². The summed E-state index contributed by atoms with van der Waals surface area (Å²) in [5.41, 5.74) is 4.66. The third-order valence-electron chi connectivity index (χ3n) is 8.04. The van der Waals surface area contributed by atoms with E-state index in [9.17, 15) is 19.2 Å². The number of hydrogen-bond donors (Lipinski definition) is 3. The van der Waals surface area contributed by atoms with Crippen molar-refractivity contribution in [3.63, 3.8) is 0 Å². The lowest BCUT2D eigenvalue weighted by molar-refractivity contribution is -0.152. The van der Waals surface area contributed by atoms with E-state index in [4.69, 9.17) is 14.2 Å². The first-order valence-corrected chi connectivity index (χ1v) is 17.6. The molecule has 1 atom stereocenters. The monoisotopic (exact) mass is 718 g/mol. The standard InChI is InChI=1S/C39H54N6O7/c1-9-29(20-35(46)51-25-52-39(49)44(8)37-31(11-10-18-41-37)24-50-36(47)21-40-7)30-14-17-34(45(22-26(2)3)23-27(4)5)33(19-30)43-38(48)42-32-15-12-28(6)13-16-32/h10-19,26-27,29,40H,9,20-25H2,1-8H3,(H2,42,43,48). The van der Waals surface area contributed by atoms with Gasteiger partial charge in [0.2, 0.25) is 6.79 Å². The Morgan fingerprint density at radius 3 is 2.19 bits per heavy atom. The van der Waals surface area contributed by atoms with Gasteiger partial charge < -0.3 is 35.1 Å². The summed E-state index contributed by atoms with van der Waals surface area (Å²) in [7, 11) is 3.09. The molecule has 0 aliphatic rings. The van der Waals surface area contributed by atoms with E-state index in [1.165, 1.54) is 13.2 Å². The highest BCUT2D eigenvalue weighted by Crippen LogP contribution is 2.34. The number of esters is 2. The number of carbonyl (C=O) groups is 4. The van der Waals surface area contributed by atoms with Crippen molar-refractivity contribution >= 4 is 46.9 Å². The minimum Gasteiger partial charge on any atom is -0.460 e. The summed E-state index contributed by atoms with van der Waals surface area (Å²) < 4.78 is 15.8. The van der Waals surface area contributed by atoms with Crippen LogP contribution in [-0.4, -0.2) is 69.6 Å². The van der Waals surface area contributed by atoms with Crippen LogP contribution in [-0.2, 0) is 30.4 Å². The van der Waals surface area contributed by atoms with Gasteiger partial charge in [0.1, 0.15) is 12.4 Å². The molecule has 0 fully saturated rings. The van der Waals surface area contributed by atoms with E-state index in [1.54, 1.807) is 19.2 Å². The van der Waals surface area contributed by atoms with E-state index >= 15 is 0 Å². The van der Waals surface area contributed by atoms with Crippen LogP contribution >= 0.6 is 0 Å². The third kappa shape index (κ3) is 13.2. The second kappa shape index (κ2) is 20.6. The average molecular weight is 719 g/mol. The topological polar surface area (TPSA) is 151 Å². The van der Waals surface area contributed by atoms with E-state index in [-0.39, 0.29) is 37.3 Å². The Labute approximate surface area is 307 Å². The lowest BCUT2D eigenvalue weighted by Gasteiger charge is -2.31. The molecule has 13 heteroatoms. The fourth-order valence-corrected chi connectivity index (χ4v) is 5.54. The van der Waals surface area contributed by atoms with Crippen LogP contribution in [0.3, 0.4) is 0 Å². The first-order valence-electron chi connectivity index (χ1n) is 17.6. The summed E-state index contributed by atoms with van der Waals surface area (Å²) in [5, 5.41) is 8.70. The van der Waals surface area contributed by atoms with Crippen LogP contribution in [0.15, 0.2) is 60.8 Å². The number of pyridine rings is 1. The van der Waals surface area contributed by atoms with Crippen molar-refractivity contribution in [1.82, 2.24) is 10.3 Å². The van der Waals surface area contributed by atoms with E-state index < -0.39 is 24.8 Å². The Kier molecular flexibility index (Phi) is 16.4. The van der Waals surface area contributed by atoms with Gasteiger partial charge in [0.15, 0.2) is 0 Å². The van der Waals surface area contributed by atoms with Gasteiger partial charge in [0, 0.05) is 37.6 Å². The molecule has 0 aliphatic heterocycles. The van der Waals surface area contributed by atoms with Crippen LogP contribution in [0.1, 0.15) is 70.1 Å². The van der Waals surface area contributed by atoms with Gasteiger partial charge in [-0.3, -0.25) is 14.5 Å². The zero-order valence-electron chi connectivity index (χ0n) is 31.7. The van der Waals surface area contributed by atoms with Crippen LogP contribution in [0.4, 0.5) is 32.5 Å². The lowest BCUT2D eigenvalue weighted by Crippen LogP contribution is -2.32.